The first-order valence-corrected chi connectivity index (χ1v) is 12.2. The quantitative estimate of drug-likeness (QED) is 0.682. The van der Waals surface area contributed by atoms with Gasteiger partial charge in [-0.1, -0.05) is 30.5 Å². The molecule has 7 nitrogen and oxygen atoms in total. The molecule has 0 spiro atoms. The average molecular weight is 463 g/mol. The van der Waals surface area contributed by atoms with Crippen molar-refractivity contribution in [3.05, 3.63) is 59.7 Å². The van der Waals surface area contributed by atoms with Crippen molar-refractivity contribution in [2.45, 2.75) is 45.6 Å². The fourth-order valence-corrected chi connectivity index (χ4v) is 5.09. The summed E-state index contributed by atoms with van der Waals surface area (Å²) < 4.78 is 0. The second kappa shape index (κ2) is 10.8. The van der Waals surface area contributed by atoms with Gasteiger partial charge in [-0.25, -0.2) is 0 Å². The Hall–Kier alpha value is -3.19. The Morgan fingerprint density at radius 1 is 0.824 bits per heavy atom. The number of anilines is 2. The minimum Gasteiger partial charge on any atom is -0.336 e. The first kappa shape index (κ1) is 24.0. The van der Waals surface area contributed by atoms with Crippen LogP contribution >= 0.6 is 0 Å². The fourth-order valence-electron chi connectivity index (χ4n) is 5.09. The summed E-state index contributed by atoms with van der Waals surface area (Å²) in [5.41, 5.74) is 3.27. The van der Waals surface area contributed by atoms with Crippen molar-refractivity contribution in [1.29, 1.82) is 0 Å². The van der Waals surface area contributed by atoms with E-state index in [2.05, 4.69) is 15.5 Å². The number of piperazine rings is 1. The predicted molar refractivity (Wildman–Crippen MR) is 134 cm³/mol. The zero-order valence-corrected chi connectivity index (χ0v) is 20.0. The van der Waals surface area contributed by atoms with Gasteiger partial charge in [-0.3, -0.25) is 19.3 Å². The molecule has 3 amide bonds. The highest BCUT2D eigenvalue weighted by molar-refractivity contribution is 5.96. The molecule has 0 aromatic heterocycles. The number of benzene rings is 2. The van der Waals surface area contributed by atoms with Crippen LogP contribution in [0, 0.1) is 12.8 Å². The van der Waals surface area contributed by atoms with Gasteiger partial charge in [0.1, 0.15) is 0 Å². The first-order chi connectivity index (χ1) is 16.4. The number of nitrogens with one attached hydrogen (secondary N) is 2. The van der Waals surface area contributed by atoms with Crippen LogP contribution in [-0.4, -0.2) is 59.7 Å². The molecule has 2 N–H and O–H groups in total. The number of amides is 3. The molecule has 34 heavy (non-hydrogen) atoms. The molecular weight excluding hydrogens is 428 g/mol. The third-order valence-electron chi connectivity index (χ3n) is 6.88. The maximum atomic E-state index is 13.4. The molecule has 0 radical (unpaired) electrons. The second-order valence-corrected chi connectivity index (χ2v) is 9.43. The summed E-state index contributed by atoms with van der Waals surface area (Å²) in [6, 6.07) is 14.7. The minimum absolute atomic E-state index is 0.0116. The van der Waals surface area contributed by atoms with E-state index in [0.717, 1.165) is 36.9 Å². The normalized spacial score (nSPS) is 17.9. The van der Waals surface area contributed by atoms with Gasteiger partial charge in [-0.05, 0) is 62.1 Å². The second-order valence-electron chi connectivity index (χ2n) is 9.43. The molecule has 1 saturated carbocycles. The van der Waals surface area contributed by atoms with Crippen molar-refractivity contribution in [2.75, 3.05) is 36.8 Å². The lowest BCUT2D eigenvalue weighted by atomic mass is 9.94. The van der Waals surface area contributed by atoms with Crippen LogP contribution in [-0.2, 0) is 9.59 Å². The maximum Gasteiger partial charge on any atom is 0.253 e. The third-order valence-corrected chi connectivity index (χ3v) is 6.88. The van der Waals surface area contributed by atoms with Crippen molar-refractivity contribution >= 4 is 29.1 Å². The van der Waals surface area contributed by atoms with Gasteiger partial charge >= 0.3 is 0 Å². The summed E-state index contributed by atoms with van der Waals surface area (Å²) in [6.07, 6.45) is 4.43. The highest BCUT2D eigenvalue weighted by Gasteiger charge is 2.37. The van der Waals surface area contributed by atoms with Crippen LogP contribution < -0.4 is 10.6 Å². The molecule has 4 rings (SSSR count). The zero-order valence-electron chi connectivity index (χ0n) is 20.0. The van der Waals surface area contributed by atoms with E-state index in [-0.39, 0.29) is 23.8 Å². The maximum absolute atomic E-state index is 13.4. The largest absolute Gasteiger partial charge is 0.336 e. The van der Waals surface area contributed by atoms with E-state index in [9.17, 15) is 14.4 Å². The Bertz CT molecular complexity index is 1010. The Kier molecular flexibility index (Phi) is 7.63. The molecule has 7 heteroatoms. The van der Waals surface area contributed by atoms with Gasteiger partial charge in [-0.2, -0.15) is 0 Å². The standard InChI is InChI=1S/C27H34N4O3/c1-19-7-9-22(10-8-19)27(34)31-17-15-30(16-18-31)25(21-5-3-4-6-21)26(33)29-24-13-11-23(12-14-24)28-20(2)32/h7-14,21,25H,3-6,15-18H2,1-2H3,(H,28,32)(H,29,33). The number of carbonyl (C=O) groups is 3. The van der Waals surface area contributed by atoms with E-state index in [4.69, 9.17) is 0 Å². The number of nitrogens with zero attached hydrogens (tertiary/aromatic N) is 2. The lowest BCUT2D eigenvalue weighted by molar-refractivity contribution is -0.124. The molecule has 2 aliphatic rings. The summed E-state index contributed by atoms with van der Waals surface area (Å²) >= 11 is 0. The van der Waals surface area contributed by atoms with Crippen LogP contribution in [0.3, 0.4) is 0 Å². The number of rotatable bonds is 6. The molecule has 1 heterocycles. The van der Waals surface area contributed by atoms with Crippen molar-refractivity contribution < 1.29 is 14.4 Å². The van der Waals surface area contributed by atoms with Gasteiger partial charge in [-0.15, -0.1) is 0 Å². The Balaban J connectivity index is 1.40. The third kappa shape index (κ3) is 5.83. The van der Waals surface area contributed by atoms with Crippen molar-refractivity contribution in [3.8, 4) is 0 Å². The molecule has 1 aliphatic carbocycles. The molecule has 1 saturated heterocycles. The molecule has 2 aromatic carbocycles. The highest BCUT2D eigenvalue weighted by atomic mass is 16.2. The van der Waals surface area contributed by atoms with Crippen LogP contribution in [0.15, 0.2) is 48.5 Å². The Labute approximate surface area is 201 Å². The monoisotopic (exact) mass is 462 g/mol. The van der Waals surface area contributed by atoms with Crippen molar-refractivity contribution in [1.82, 2.24) is 9.80 Å². The lowest BCUT2D eigenvalue weighted by Gasteiger charge is -2.40. The average Bonchev–Trinajstić information content (AvgIpc) is 3.35. The van der Waals surface area contributed by atoms with E-state index in [0.29, 0.717) is 43.3 Å². The van der Waals surface area contributed by atoms with E-state index in [1.54, 1.807) is 12.1 Å². The van der Waals surface area contributed by atoms with Gasteiger partial charge in [0.05, 0.1) is 6.04 Å². The zero-order chi connectivity index (χ0) is 24.1. The lowest BCUT2D eigenvalue weighted by Crippen LogP contribution is -2.56. The van der Waals surface area contributed by atoms with Gasteiger partial charge in [0.2, 0.25) is 11.8 Å². The molecule has 1 aliphatic heterocycles. The summed E-state index contributed by atoms with van der Waals surface area (Å²) in [5, 5.41) is 5.83. The molecule has 1 atom stereocenters. The van der Waals surface area contributed by atoms with Crippen molar-refractivity contribution in [3.63, 3.8) is 0 Å². The topological polar surface area (TPSA) is 81.8 Å². The first-order valence-electron chi connectivity index (χ1n) is 12.2. The summed E-state index contributed by atoms with van der Waals surface area (Å²) in [6.45, 7) is 6.10. The predicted octanol–water partition coefficient (Wildman–Crippen LogP) is 3.91. The van der Waals surface area contributed by atoms with Crippen molar-refractivity contribution in [2.24, 2.45) is 5.92 Å². The summed E-state index contributed by atoms with van der Waals surface area (Å²) in [7, 11) is 0. The van der Waals surface area contributed by atoms with Crippen LogP contribution in [0.4, 0.5) is 11.4 Å². The summed E-state index contributed by atoms with van der Waals surface area (Å²) in [5.74, 6) is 0.273. The Morgan fingerprint density at radius 3 is 1.94 bits per heavy atom. The van der Waals surface area contributed by atoms with Crippen LogP contribution in [0.5, 0.6) is 0 Å². The fraction of sp³-hybridized carbons (Fsp3) is 0.444. The van der Waals surface area contributed by atoms with E-state index in [1.165, 1.54) is 6.92 Å². The SMILES string of the molecule is CC(=O)Nc1ccc(NC(=O)C(C2CCCC2)N2CCN(C(=O)c3ccc(C)cc3)CC2)cc1. The molecule has 2 fully saturated rings. The minimum atomic E-state index is -0.200. The van der Waals surface area contributed by atoms with Gasteiger partial charge in [0, 0.05) is 50.0 Å². The Morgan fingerprint density at radius 2 is 1.38 bits per heavy atom. The van der Waals surface area contributed by atoms with Crippen LogP contribution in [0.2, 0.25) is 0 Å². The molecule has 1 unspecified atom stereocenters. The van der Waals surface area contributed by atoms with Crippen LogP contribution in [0.25, 0.3) is 0 Å². The smallest absolute Gasteiger partial charge is 0.253 e. The van der Waals surface area contributed by atoms with Gasteiger partial charge in [0.15, 0.2) is 0 Å². The molecule has 180 valence electrons. The van der Waals surface area contributed by atoms with Crippen LogP contribution in [0.1, 0.15) is 48.5 Å². The summed E-state index contributed by atoms with van der Waals surface area (Å²) in [4.78, 5) is 41.7. The van der Waals surface area contributed by atoms with E-state index >= 15 is 0 Å². The molecular formula is C27H34N4O3. The molecule has 0 bridgehead atoms. The van der Waals surface area contributed by atoms with E-state index < -0.39 is 0 Å². The van der Waals surface area contributed by atoms with E-state index in [1.807, 2.05) is 48.2 Å². The highest BCUT2D eigenvalue weighted by Crippen LogP contribution is 2.32. The number of hydrogen-bond acceptors (Lipinski definition) is 4. The number of aryl methyl sites for hydroxylation is 1. The van der Waals surface area contributed by atoms with Gasteiger partial charge < -0.3 is 15.5 Å². The number of hydrogen-bond donors (Lipinski definition) is 2. The van der Waals surface area contributed by atoms with Gasteiger partial charge in [0.25, 0.3) is 5.91 Å². The molecule has 2 aromatic rings. The number of carbonyl (C=O) groups excluding carboxylic acids is 3.